The number of anilines is 1. The molecular formula is C14H11Cl2NO3. The third kappa shape index (κ3) is 2.71. The number of ether oxygens (including phenoxy) is 2. The minimum Gasteiger partial charge on any atom is -0.507 e. The van der Waals surface area contributed by atoms with Crippen LogP contribution in [-0.4, -0.2) is 11.9 Å². The third-order valence-electron chi connectivity index (χ3n) is 2.92. The van der Waals surface area contributed by atoms with Gasteiger partial charge in [0.05, 0.1) is 0 Å². The van der Waals surface area contributed by atoms with Crippen LogP contribution in [0.4, 0.5) is 5.69 Å². The first-order chi connectivity index (χ1) is 9.61. The van der Waals surface area contributed by atoms with Crippen molar-refractivity contribution in [2.75, 3.05) is 12.1 Å². The van der Waals surface area contributed by atoms with Crippen molar-refractivity contribution in [2.24, 2.45) is 0 Å². The number of halogens is 2. The first-order valence-electron chi connectivity index (χ1n) is 5.93. The van der Waals surface area contributed by atoms with Crippen molar-refractivity contribution in [1.82, 2.24) is 0 Å². The van der Waals surface area contributed by atoms with Crippen LogP contribution < -0.4 is 14.8 Å². The number of aromatic hydroxyl groups is 1. The van der Waals surface area contributed by atoms with Crippen LogP contribution in [0.5, 0.6) is 17.2 Å². The zero-order valence-corrected chi connectivity index (χ0v) is 11.8. The van der Waals surface area contributed by atoms with E-state index in [0.717, 1.165) is 5.69 Å². The number of nitrogens with one attached hydrogen (secondary N) is 1. The molecule has 0 aromatic heterocycles. The van der Waals surface area contributed by atoms with Gasteiger partial charge in [0, 0.05) is 33.9 Å². The Kier molecular flexibility index (Phi) is 3.51. The molecule has 0 amide bonds. The van der Waals surface area contributed by atoms with Gasteiger partial charge < -0.3 is 19.9 Å². The van der Waals surface area contributed by atoms with Crippen LogP contribution in [0.15, 0.2) is 30.3 Å². The Morgan fingerprint density at radius 1 is 1.00 bits per heavy atom. The molecule has 2 N–H and O–H groups in total. The summed E-state index contributed by atoms with van der Waals surface area (Å²) in [5.41, 5.74) is 1.48. The van der Waals surface area contributed by atoms with Crippen molar-refractivity contribution in [3.63, 3.8) is 0 Å². The smallest absolute Gasteiger partial charge is 0.231 e. The topological polar surface area (TPSA) is 50.7 Å². The van der Waals surface area contributed by atoms with E-state index in [0.29, 0.717) is 33.7 Å². The third-order valence-corrected chi connectivity index (χ3v) is 3.36. The highest BCUT2D eigenvalue weighted by Crippen LogP contribution is 2.37. The molecule has 6 heteroatoms. The maximum Gasteiger partial charge on any atom is 0.231 e. The minimum atomic E-state index is 0.148. The molecule has 0 aliphatic carbocycles. The Labute approximate surface area is 125 Å². The van der Waals surface area contributed by atoms with E-state index >= 15 is 0 Å². The first-order valence-corrected chi connectivity index (χ1v) is 6.69. The van der Waals surface area contributed by atoms with Gasteiger partial charge in [-0.2, -0.15) is 0 Å². The van der Waals surface area contributed by atoms with Gasteiger partial charge in [0.15, 0.2) is 11.5 Å². The Morgan fingerprint density at radius 3 is 2.35 bits per heavy atom. The molecule has 0 bridgehead atoms. The lowest BCUT2D eigenvalue weighted by molar-refractivity contribution is 0.174. The Morgan fingerprint density at radius 2 is 1.65 bits per heavy atom. The minimum absolute atomic E-state index is 0.148. The van der Waals surface area contributed by atoms with Gasteiger partial charge in [-0.1, -0.05) is 23.2 Å². The van der Waals surface area contributed by atoms with Crippen LogP contribution in [0.1, 0.15) is 5.56 Å². The fourth-order valence-electron chi connectivity index (χ4n) is 1.97. The molecule has 0 atom stereocenters. The zero-order valence-electron chi connectivity index (χ0n) is 10.3. The number of fused-ring (bicyclic) bond motifs is 1. The van der Waals surface area contributed by atoms with E-state index in [1.165, 1.54) is 0 Å². The van der Waals surface area contributed by atoms with Gasteiger partial charge in [-0.05, 0) is 24.3 Å². The van der Waals surface area contributed by atoms with Crippen molar-refractivity contribution in [3.05, 3.63) is 45.9 Å². The molecule has 0 spiro atoms. The van der Waals surface area contributed by atoms with Crippen molar-refractivity contribution < 1.29 is 14.6 Å². The van der Waals surface area contributed by atoms with Gasteiger partial charge in [-0.15, -0.1) is 0 Å². The highest BCUT2D eigenvalue weighted by atomic mass is 35.5. The van der Waals surface area contributed by atoms with Gasteiger partial charge in [0.25, 0.3) is 0 Å². The number of benzene rings is 2. The maximum atomic E-state index is 9.93. The van der Waals surface area contributed by atoms with E-state index < -0.39 is 0 Å². The lowest BCUT2D eigenvalue weighted by Gasteiger charge is -2.10. The molecule has 0 radical (unpaired) electrons. The molecule has 20 heavy (non-hydrogen) atoms. The van der Waals surface area contributed by atoms with Crippen LogP contribution >= 0.6 is 23.2 Å². The lowest BCUT2D eigenvalue weighted by Crippen LogP contribution is -2.00. The summed E-state index contributed by atoms with van der Waals surface area (Å²) in [5, 5.41) is 14.2. The van der Waals surface area contributed by atoms with Crippen LogP contribution in [0, 0.1) is 0 Å². The normalized spacial score (nSPS) is 12.5. The molecular weight excluding hydrogens is 301 g/mol. The summed E-state index contributed by atoms with van der Waals surface area (Å²) in [4.78, 5) is 0. The molecule has 0 unspecified atom stereocenters. The molecule has 2 aromatic rings. The molecule has 0 fully saturated rings. The fraction of sp³-hybridized carbons (Fsp3) is 0.143. The fourth-order valence-corrected chi connectivity index (χ4v) is 2.49. The van der Waals surface area contributed by atoms with Crippen molar-refractivity contribution in [3.8, 4) is 17.2 Å². The Bertz CT molecular complexity index is 641. The summed E-state index contributed by atoms with van der Waals surface area (Å²) in [6.07, 6.45) is 0. The quantitative estimate of drug-likeness (QED) is 0.898. The van der Waals surface area contributed by atoms with E-state index in [4.69, 9.17) is 32.7 Å². The van der Waals surface area contributed by atoms with E-state index in [2.05, 4.69) is 5.32 Å². The second-order valence-electron chi connectivity index (χ2n) is 4.35. The van der Waals surface area contributed by atoms with Crippen molar-refractivity contribution in [1.29, 1.82) is 0 Å². The van der Waals surface area contributed by atoms with E-state index in [1.807, 2.05) is 0 Å². The molecule has 0 saturated carbocycles. The second kappa shape index (κ2) is 5.31. The van der Waals surface area contributed by atoms with Gasteiger partial charge in [-0.3, -0.25) is 0 Å². The molecule has 0 saturated heterocycles. The number of hydrogen-bond donors (Lipinski definition) is 2. The number of rotatable bonds is 3. The standard InChI is InChI=1S/C14H11Cl2NO3/c15-9-2-10(16)4-11(3-9)17-6-8-1-13-14(5-12(8)18)20-7-19-13/h1-5,17-18H,6-7H2. The average molecular weight is 312 g/mol. The van der Waals surface area contributed by atoms with Gasteiger partial charge >= 0.3 is 0 Å². The zero-order chi connectivity index (χ0) is 14.1. The highest BCUT2D eigenvalue weighted by molar-refractivity contribution is 6.35. The van der Waals surface area contributed by atoms with E-state index in [9.17, 15) is 5.11 Å². The van der Waals surface area contributed by atoms with Crippen molar-refractivity contribution in [2.45, 2.75) is 6.54 Å². The predicted octanol–water partition coefficient (Wildman–Crippen LogP) is 4.04. The lowest BCUT2D eigenvalue weighted by atomic mass is 10.1. The van der Waals surface area contributed by atoms with Gasteiger partial charge in [0.2, 0.25) is 6.79 Å². The summed E-state index contributed by atoms with van der Waals surface area (Å²) >= 11 is 11.9. The largest absolute Gasteiger partial charge is 0.507 e. The molecule has 1 heterocycles. The predicted molar refractivity (Wildman–Crippen MR) is 78.0 cm³/mol. The van der Waals surface area contributed by atoms with E-state index in [-0.39, 0.29) is 12.5 Å². The Hall–Kier alpha value is -1.78. The average Bonchev–Trinajstić information content (AvgIpc) is 2.81. The molecule has 4 nitrogen and oxygen atoms in total. The maximum absolute atomic E-state index is 9.93. The first kappa shape index (κ1) is 13.2. The van der Waals surface area contributed by atoms with Gasteiger partial charge in [-0.25, -0.2) is 0 Å². The summed E-state index contributed by atoms with van der Waals surface area (Å²) in [6, 6.07) is 8.47. The number of phenolic OH excluding ortho intramolecular Hbond substituents is 1. The Balaban J connectivity index is 1.78. The summed E-state index contributed by atoms with van der Waals surface area (Å²) in [5.74, 6) is 1.33. The molecule has 3 rings (SSSR count). The van der Waals surface area contributed by atoms with Crippen LogP contribution in [0.3, 0.4) is 0 Å². The monoisotopic (exact) mass is 311 g/mol. The second-order valence-corrected chi connectivity index (χ2v) is 5.22. The van der Waals surface area contributed by atoms with Crippen molar-refractivity contribution >= 4 is 28.9 Å². The van der Waals surface area contributed by atoms with Gasteiger partial charge in [0.1, 0.15) is 5.75 Å². The SMILES string of the molecule is Oc1cc2c(cc1CNc1cc(Cl)cc(Cl)c1)OCO2. The highest BCUT2D eigenvalue weighted by Gasteiger charge is 2.16. The number of phenols is 1. The summed E-state index contributed by atoms with van der Waals surface area (Å²) in [6.45, 7) is 0.592. The van der Waals surface area contributed by atoms with Crippen LogP contribution in [0.2, 0.25) is 10.0 Å². The summed E-state index contributed by atoms with van der Waals surface area (Å²) < 4.78 is 10.5. The molecule has 1 aliphatic rings. The molecule has 104 valence electrons. The summed E-state index contributed by atoms with van der Waals surface area (Å²) in [7, 11) is 0. The molecule has 1 aliphatic heterocycles. The van der Waals surface area contributed by atoms with Crippen LogP contribution in [0.25, 0.3) is 0 Å². The molecule has 2 aromatic carbocycles. The van der Waals surface area contributed by atoms with Crippen LogP contribution in [-0.2, 0) is 6.54 Å². The number of hydrogen-bond acceptors (Lipinski definition) is 4. The van der Waals surface area contributed by atoms with E-state index in [1.54, 1.807) is 30.3 Å².